The molecule has 0 spiro atoms. The van der Waals surface area contributed by atoms with Crippen LogP contribution in [-0.2, 0) is 0 Å². The summed E-state index contributed by atoms with van der Waals surface area (Å²) >= 11 is 1.66. The number of aromatic carboxylic acids is 1. The number of nitrogens with zero attached hydrogens (tertiary/aromatic N) is 1. The molecule has 0 fully saturated rings. The van der Waals surface area contributed by atoms with Gasteiger partial charge in [0.2, 0.25) is 0 Å². The molecule has 19 heavy (non-hydrogen) atoms. The van der Waals surface area contributed by atoms with Crippen molar-refractivity contribution >= 4 is 29.1 Å². The number of rotatable bonds is 7. The Kier molecular flexibility index (Phi) is 5.62. The number of nitro groups is 1. The van der Waals surface area contributed by atoms with Gasteiger partial charge in [0.15, 0.2) is 0 Å². The fourth-order valence-corrected chi connectivity index (χ4v) is 2.35. The Labute approximate surface area is 115 Å². The molecule has 2 N–H and O–H groups in total. The summed E-state index contributed by atoms with van der Waals surface area (Å²) in [5.74, 6) is -0.336. The van der Waals surface area contributed by atoms with Gasteiger partial charge < -0.3 is 10.4 Å². The Bertz CT molecular complexity index is 479. The molecule has 0 aliphatic rings. The third kappa shape index (κ3) is 4.13. The molecule has 0 radical (unpaired) electrons. The first-order chi connectivity index (χ1) is 8.99. The number of nitro benzene ring substituents is 1. The van der Waals surface area contributed by atoms with E-state index in [-0.39, 0.29) is 17.3 Å². The summed E-state index contributed by atoms with van der Waals surface area (Å²) in [6, 6.07) is 3.97. The topological polar surface area (TPSA) is 92.5 Å². The van der Waals surface area contributed by atoms with E-state index < -0.39 is 10.9 Å². The van der Waals surface area contributed by atoms with Crippen LogP contribution in [-0.4, -0.2) is 34.0 Å². The van der Waals surface area contributed by atoms with Gasteiger partial charge in [-0.15, -0.1) is 0 Å². The van der Waals surface area contributed by atoms with Crippen LogP contribution in [0.3, 0.4) is 0 Å². The van der Waals surface area contributed by atoms with Crippen LogP contribution in [0, 0.1) is 10.1 Å². The first-order valence-corrected chi connectivity index (χ1v) is 7.16. The molecule has 0 aliphatic carbocycles. The predicted molar refractivity (Wildman–Crippen MR) is 76.1 cm³/mol. The normalized spacial score (nSPS) is 11.9. The molecule has 6 nitrogen and oxygen atoms in total. The fraction of sp³-hybridized carbons (Fsp3) is 0.417. The van der Waals surface area contributed by atoms with E-state index in [2.05, 4.69) is 5.32 Å². The maximum absolute atomic E-state index is 11.2. The Hall–Kier alpha value is -1.76. The van der Waals surface area contributed by atoms with Gasteiger partial charge in [0.25, 0.3) is 5.69 Å². The summed E-state index contributed by atoms with van der Waals surface area (Å²) in [5.41, 5.74) is 0.119. The molecule has 0 heterocycles. The second-order valence-corrected chi connectivity index (χ2v) is 4.91. The fourth-order valence-electron chi connectivity index (χ4n) is 1.63. The molecule has 1 rings (SSSR count). The number of carboxylic acids is 1. The summed E-state index contributed by atoms with van der Waals surface area (Å²) in [6.45, 7) is 2.00. The first kappa shape index (κ1) is 15.3. The standard InChI is InChI=1S/C12H16N2O4S/c1-3-8(7-19-2)13-11-5-4-9(14(17)18)6-10(11)12(15)16/h4-6,8,13H,3,7H2,1-2H3,(H,15,16). The lowest BCUT2D eigenvalue weighted by Crippen LogP contribution is -2.22. The Morgan fingerprint density at radius 3 is 2.74 bits per heavy atom. The van der Waals surface area contributed by atoms with E-state index in [1.165, 1.54) is 12.1 Å². The van der Waals surface area contributed by atoms with Gasteiger partial charge in [-0.05, 0) is 18.7 Å². The van der Waals surface area contributed by atoms with Crippen molar-refractivity contribution in [2.24, 2.45) is 0 Å². The number of carboxylic acid groups (broad SMARTS) is 1. The SMILES string of the molecule is CCC(CSC)Nc1ccc([N+](=O)[O-])cc1C(=O)O. The lowest BCUT2D eigenvalue weighted by atomic mass is 10.1. The minimum absolute atomic E-state index is 0.0752. The summed E-state index contributed by atoms with van der Waals surface area (Å²) in [6.07, 6.45) is 2.81. The number of nitrogens with one attached hydrogen (secondary N) is 1. The van der Waals surface area contributed by atoms with Crippen molar-refractivity contribution in [1.29, 1.82) is 0 Å². The highest BCUT2D eigenvalue weighted by Crippen LogP contribution is 2.23. The largest absolute Gasteiger partial charge is 0.478 e. The molecule has 0 amide bonds. The average Bonchev–Trinajstić information content (AvgIpc) is 2.37. The third-order valence-corrected chi connectivity index (χ3v) is 3.40. The monoisotopic (exact) mass is 284 g/mol. The number of carbonyl (C=O) groups is 1. The molecule has 1 atom stereocenters. The lowest BCUT2D eigenvalue weighted by Gasteiger charge is -2.18. The van der Waals surface area contributed by atoms with Crippen molar-refractivity contribution in [3.05, 3.63) is 33.9 Å². The van der Waals surface area contributed by atoms with Crippen molar-refractivity contribution in [3.63, 3.8) is 0 Å². The van der Waals surface area contributed by atoms with E-state index in [4.69, 9.17) is 5.11 Å². The highest BCUT2D eigenvalue weighted by Gasteiger charge is 2.17. The molecule has 0 saturated carbocycles. The van der Waals surface area contributed by atoms with E-state index in [0.29, 0.717) is 5.69 Å². The van der Waals surface area contributed by atoms with Crippen molar-refractivity contribution in [1.82, 2.24) is 0 Å². The summed E-state index contributed by atoms with van der Waals surface area (Å²) in [5, 5.41) is 22.9. The molecule has 0 aromatic heterocycles. The van der Waals surface area contributed by atoms with E-state index >= 15 is 0 Å². The predicted octanol–water partition coefficient (Wildman–Crippen LogP) is 2.85. The molecule has 0 aliphatic heterocycles. The second-order valence-electron chi connectivity index (χ2n) is 4.00. The molecule has 104 valence electrons. The Balaban J connectivity index is 3.06. The van der Waals surface area contributed by atoms with Crippen molar-refractivity contribution in [2.75, 3.05) is 17.3 Å². The molecule has 1 aromatic rings. The van der Waals surface area contributed by atoms with Crippen LogP contribution in [0.4, 0.5) is 11.4 Å². The van der Waals surface area contributed by atoms with Crippen molar-refractivity contribution in [3.8, 4) is 0 Å². The van der Waals surface area contributed by atoms with Crippen LogP contribution >= 0.6 is 11.8 Å². The molecule has 1 aromatic carbocycles. The quantitative estimate of drug-likeness (QED) is 0.591. The van der Waals surface area contributed by atoms with Crippen LogP contribution in [0.25, 0.3) is 0 Å². The number of thioether (sulfide) groups is 1. The molecule has 1 unspecified atom stereocenters. The Morgan fingerprint density at radius 1 is 1.58 bits per heavy atom. The number of anilines is 1. The van der Waals surface area contributed by atoms with E-state index in [9.17, 15) is 14.9 Å². The summed E-state index contributed by atoms with van der Waals surface area (Å²) in [7, 11) is 0. The lowest BCUT2D eigenvalue weighted by molar-refractivity contribution is -0.384. The van der Waals surface area contributed by atoms with Gasteiger partial charge in [-0.25, -0.2) is 4.79 Å². The zero-order chi connectivity index (χ0) is 14.4. The highest BCUT2D eigenvalue weighted by atomic mass is 32.2. The minimum atomic E-state index is -1.18. The van der Waals surface area contributed by atoms with Crippen LogP contribution in [0.1, 0.15) is 23.7 Å². The number of benzene rings is 1. The maximum Gasteiger partial charge on any atom is 0.338 e. The van der Waals surface area contributed by atoms with Gasteiger partial charge in [-0.3, -0.25) is 10.1 Å². The maximum atomic E-state index is 11.2. The molecule has 0 saturated heterocycles. The highest BCUT2D eigenvalue weighted by molar-refractivity contribution is 7.98. The van der Waals surface area contributed by atoms with E-state index in [1.54, 1.807) is 11.8 Å². The van der Waals surface area contributed by atoms with Crippen molar-refractivity contribution < 1.29 is 14.8 Å². The number of hydrogen-bond donors (Lipinski definition) is 2. The van der Waals surface area contributed by atoms with E-state index in [0.717, 1.165) is 18.2 Å². The zero-order valence-electron chi connectivity index (χ0n) is 10.8. The number of non-ortho nitro benzene ring substituents is 1. The van der Waals surface area contributed by atoms with E-state index in [1.807, 2.05) is 13.2 Å². The second kappa shape index (κ2) is 6.98. The zero-order valence-corrected chi connectivity index (χ0v) is 11.6. The van der Waals surface area contributed by atoms with Gasteiger partial charge >= 0.3 is 5.97 Å². The smallest absolute Gasteiger partial charge is 0.338 e. The van der Waals surface area contributed by atoms with Crippen LogP contribution < -0.4 is 5.32 Å². The van der Waals surface area contributed by atoms with Crippen LogP contribution in [0.2, 0.25) is 0 Å². The van der Waals surface area contributed by atoms with Crippen molar-refractivity contribution in [2.45, 2.75) is 19.4 Å². The molecular formula is C12H16N2O4S. The van der Waals surface area contributed by atoms with Gasteiger partial charge in [-0.1, -0.05) is 6.92 Å². The molecule has 0 bridgehead atoms. The summed E-state index contributed by atoms with van der Waals surface area (Å²) < 4.78 is 0. The minimum Gasteiger partial charge on any atom is -0.478 e. The van der Waals surface area contributed by atoms with Gasteiger partial charge in [0.05, 0.1) is 10.5 Å². The Morgan fingerprint density at radius 2 is 2.26 bits per heavy atom. The first-order valence-electron chi connectivity index (χ1n) is 5.76. The average molecular weight is 284 g/mol. The molecule has 7 heteroatoms. The number of hydrogen-bond acceptors (Lipinski definition) is 5. The summed E-state index contributed by atoms with van der Waals surface area (Å²) in [4.78, 5) is 21.2. The van der Waals surface area contributed by atoms with Gasteiger partial charge in [0.1, 0.15) is 0 Å². The van der Waals surface area contributed by atoms with Crippen LogP contribution in [0.15, 0.2) is 18.2 Å². The van der Waals surface area contributed by atoms with Crippen LogP contribution in [0.5, 0.6) is 0 Å². The third-order valence-electron chi connectivity index (χ3n) is 2.66. The van der Waals surface area contributed by atoms with Gasteiger partial charge in [-0.2, -0.15) is 11.8 Å². The van der Waals surface area contributed by atoms with Gasteiger partial charge in [0, 0.05) is 29.6 Å². The molecular weight excluding hydrogens is 268 g/mol.